The normalized spacial score (nSPS) is 20.2. The van der Waals surface area contributed by atoms with Crippen LogP contribution in [0.3, 0.4) is 0 Å². The van der Waals surface area contributed by atoms with E-state index < -0.39 is 6.10 Å². The zero-order valence-corrected chi connectivity index (χ0v) is 13.1. The summed E-state index contributed by atoms with van der Waals surface area (Å²) in [6.45, 7) is 4.50. The molecule has 116 valence electrons. The molecule has 1 fully saturated rings. The average Bonchev–Trinajstić information content (AvgIpc) is 2.49. The van der Waals surface area contributed by atoms with Crippen molar-refractivity contribution < 1.29 is 14.6 Å². The zero-order chi connectivity index (χ0) is 15.4. The van der Waals surface area contributed by atoms with E-state index >= 15 is 0 Å². The monoisotopic (exact) mass is 291 g/mol. The second kappa shape index (κ2) is 6.94. The first kappa shape index (κ1) is 15.8. The lowest BCUT2D eigenvalue weighted by Gasteiger charge is -2.37. The minimum atomic E-state index is -0.471. The van der Waals surface area contributed by atoms with Crippen molar-refractivity contribution in [2.45, 2.75) is 51.7 Å². The van der Waals surface area contributed by atoms with E-state index in [9.17, 15) is 9.90 Å². The highest BCUT2D eigenvalue weighted by Crippen LogP contribution is 2.23. The van der Waals surface area contributed by atoms with Crippen LogP contribution in [0.15, 0.2) is 18.2 Å². The van der Waals surface area contributed by atoms with Gasteiger partial charge in [0.05, 0.1) is 25.7 Å². The number of nitrogens with zero attached hydrogens (tertiary/aromatic N) is 1. The minimum absolute atomic E-state index is 0.0430. The van der Waals surface area contributed by atoms with Crippen molar-refractivity contribution in [2.24, 2.45) is 0 Å². The van der Waals surface area contributed by atoms with Gasteiger partial charge in [0.2, 0.25) is 5.91 Å². The van der Waals surface area contributed by atoms with Crippen molar-refractivity contribution in [3.8, 4) is 5.75 Å². The van der Waals surface area contributed by atoms with Crippen LogP contribution in [-0.2, 0) is 11.2 Å². The third kappa shape index (κ3) is 3.76. The summed E-state index contributed by atoms with van der Waals surface area (Å²) in [6.07, 6.45) is 2.88. The molecule has 1 aliphatic rings. The Morgan fingerprint density at radius 1 is 1.48 bits per heavy atom. The van der Waals surface area contributed by atoms with Crippen LogP contribution < -0.4 is 4.74 Å². The number of rotatable bonds is 4. The van der Waals surface area contributed by atoms with Crippen LogP contribution in [0.5, 0.6) is 5.75 Å². The molecule has 1 aromatic rings. The van der Waals surface area contributed by atoms with E-state index in [1.807, 2.05) is 30.0 Å². The Hall–Kier alpha value is -1.55. The number of methoxy groups -OCH3 is 1. The van der Waals surface area contributed by atoms with Crippen LogP contribution in [0, 0.1) is 6.92 Å². The maximum absolute atomic E-state index is 12.5. The van der Waals surface area contributed by atoms with E-state index in [2.05, 4.69) is 0 Å². The molecule has 1 amide bonds. The van der Waals surface area contributed by atoms with Gasteiger partial charge in [-0.1, -0.05) is 12.1 Å². The summed E-state index contributed by atoms with van der Waals surface area (Å²) >= 11 is 0. The average molecular weight is 291 g/mol. The molecule has 0 spiro atoms. The van der Waals surface area contributed by atoms with Crippen molar-refractivity contribution in [2.75, 3.05) is 13.7 Å². The summed E-state index contributed by atoms with van der Waals surface area (Å²) in [6, 6.07) is 5.83. The molecular weight excluding hydrogens is 266 g/mol. The summed E-state index contributed by atoms with van der Waals surface area (Å²) in [5.74, 6) is 0.900. The summed E-state index contributed by atoms with van der Waals surface area (Å²) in [5, 5.41) is 9.87. The largest absolute Gasteiger partial charge is 0.496 e. The number of likely N-dealkylation sites (tertiary alicyclic amines) is 1. The number of hydrogen-bond donors (Lipinski definition) is 1. The van der Waals surface area contributed by atoms with Gasteiger partial charge in [-0.3, -0.25) is 4.79 Å². The molecule has 1 saturated heterocycles. The quantitative estimate of drug-likeness (QED) is 0.926. The number of benzene rings is 1. The van der Waals surface area contributed by atoms with Gasteiger partial charge in [-0.2, -0.15) is 0 Å². The van der Waals surface area contributed by atoms with E-state index in [1.165, 1.54) is 0 Å². The molecule has 1 aromatic carbocycles. The van der Waals surface area contributed by atoms with E-state index in [1.54, 1.807) is 14.0 Å². The lowest BCUT2D eigenvalue weighted by atomic mass is 9.97. The Morgan fingerprint density at radius 3 is 2.90 bits per heavy atom. The van der Waals surface area contributed by atoms with Crippen molar-refractivity contribution >= 4 is 5.91 Å². The van der Waals surface area contributed by atoms with E-state index in [-0.39, 0.29) is 11.9 Å². The van der Waals surface area contributed by atoms with Gasteiger partial charge in [0.15, 0.2) is 0 Å². The first-order valence-electron chi connectivity index (χ1n) is 7.64. The van der Waals surface area contributed by atoms with Gasteiger partial charge in [-0.15, -0.1) is 0 Å². The van der Waals surface area contributed by atoms with Gasteiger partial charge < -0.3 is 14.7 Å². The number of aryl methyl sites for hydroxylation is 1. The van der Waals surface area contributed by atoms with Crippen LogP contribution >= 0.6 is 0 Å². The second-order valence-electron chi connectivity index (χ2n) is 5.87. The molecule has 2 atom stereocenters. The number of carbonyl (C=O) groups excluding carboxylic acids is 1. The smallest absolute Gasteiger partial charge is 0.227 e. The Balaban J connectivity index is 2.09. The number of amides is 1. The number of piperidine rings is 1. The zero-order valence-electron chi connectivity index (χ0n) is 13.1. The van der Waals surface area contributed by atoms with E-state index in [0.717, 1.165) is 42.7 Å². The van der Waals surface area contributed by atoms with Crippen LogP contribution in [0.25, 0.3) is 0 Å². The SMILES string of the molecule is COc1cc(CC(=O)N2CCCC[C@H]2[C@@H](C)O)ccc1C. The molecule has 0 bridgehead atoms. The van der Waals surface area contributed by atoms with Crippen molar-refractivity contribution in [3.63, 3.8) is 0 Å². The number of aliphatic hydroxyl groups is 1. The van der Waals surface area contributed by atoms with Gasteiger partial charge >= 0.3 is 0 Å². The fourth-order valence-corrected chi connectivity index (χ4v) is 3.02. The predicted molar refractivity (Wildman–Crippen MR) is 82.5 cm³/mol. The standard InChI is InChI=1S/C17H25NO3/c1-12-7-8-14(10-16(12)21-3)11-17(20)18-9-5-4-6-15(18)13(2)19/h7-8,10,13,15,19H,4-6,9,11H2,1-3H3/t13-,15+/m1/s1. The molecule has 2 rings (SSSR count). The maximum atomic E-state index is 12.5. The lowest BCUT2D eigenvalue weighted by molar-refractivity contribution is -0.136. The number of carbonyl (C=O) groups is 1. The van der Waals surface area contributed by atoms with Gasteiger partial charge in [0.1, 0.15) is 5.75 Å². The predicted octanol–water partition coefficient (Wildman–Crippen LogP) is 2.31. The van der Waals surface area contributed by atoms with Crippen LogP contribution in [0.2, 0.25) is 0 Å². The number of ether oxygens (including phenoxy) is 1. The summed E-state index contributed by atoms with van der Waals surface area (Å²) in [4.78, 5) is 14.4. The molecule has 0 aliphatic carbocycles. The molecule has 1 aliphatic heterocycles. The highest BCUT2D eigenvalue weighted by atomic mass is 16.5. The Bertz CT molecular complexity index is 499. The molecule has 0 unspecified atom stereocenters. The molecule has 21 heavy (non-hydrogen) atoms. The lowest BCUT2D eigenvalue weighted by Crippen LogP contribution is -2.49. The fourth-order valence-electron chi connectivity index (χ4n) is 3.02. The maximum Gasteiger partial charge on any atom is 0.227 e. The van der Waals surface area contributed by atoms with Crippen molar-refractivity contribution in [1.82, 2.24) is 4.90 Å². The highest BCUT2D eigenvalue weighted by Gasteiger charge is 2.29. The van der Waals surface area contributed by atoms with Crippen molar-refractivity contribution in [1.29, 1.82) is 0 Å². The third-order valence-electron chi connectivity index (χ3n) is 4.25. The number of aliphatic hydroxyl groups excluding tert-OH is 1. The Labute approximate surface area is 126 Å². The number of hydrogen-bond acceptors (Lipinski definition) is 3. The molecule has 4 heteroatoms. The summed E-state index contributed by atoms with van der Waals surface area (Å²) in [5.41, 5.74) is 2.02. The fraction of sp³-hybridized carbons (Fsp3) is 0.588. The molecule has 4 nitrogen and oxygen atoms in total. The highest BCUT2D eigenvalue weighted by molar-refractivity contribution is 5.79. The van der Waals surface area contributed by atoms with E-state index in [0.29, 0.717) is 6.42 Å². The third-order valence-corrected chi connectivity index (χ3v) is 4.25. The topological polar surface area (TPSA) is 49.8 Å². The minimum Gasteiger partial charge on any atom is -0.496 e. The van der Waals surface area contributed by atoms with Crippen LogP contribution in [-0.4, -0.2) is 41.7 Å². The molecular formula is C17H25NO3. The van der Waals surface area contributed by atoms with E-state index in [4.69, 9.17) is 4.74 Å². The summed E-state index contributed by atoms with van der Waals surface area (Å²) < 4.78 is 5.31. The summed E-state index contributed by atoms with van der Waals surface area (Å²) in [7, 11) is 1.64. The molecule has 0 saturated carbocycles. The van der Waals surface area contributed by atoms with Gasteiger partial charge in [0.25, 0.3) is 0 Å². The first-order chi connectivity index (χ1) is 10.0. The van der Waals surface area contributed by atoms with Gasteiger partial charge in [-0.25, -0.2) is 0 Å². The van der Waals surface area contributed by atoms with Gasteiger partial charge in [-0.05, 0) is 50.3 Å². The van der Waals surface area contributed by atoms with Crippen LogP contribution in [0.1, 0.15) is 37.3 Å². The Morgan fingerprint density at radius 2 is 2.24 bits per heavy atom. The molecule has 1 N–H and O–H groups in total. The first-order valence-corrected chi connectivity index (χ1v) is 7.64. The molecule has 0 radical (unpaired) electrons. The van der Waals surface area contributed by atoms with Crippen LogP contribution in [0.4, 0.5) is 0 Å². The second-order valence-corrected chi connectivity index (χ2v) is 5.87. The molecule has 1 heterocycles. The van der Waals surface area contributed by atoms with Gasteiger partial charge in [0, 0.05) is 6.54 Å². The van der Waals surface area contributed by atoms with Crippen molar-refractivity contribution in [3.05, 3.63) is 29.3 Å². The Kier molecular flexibility index (Phi) is 5.23. The molecule has 0 aromatic heterocycles.